The van der Waals surface area contributed by atoms with Crippen molar-refractivity contribution in [1.29, 1.82) is 0 Å². The van der Waals surface area contributed by atoms with Crippen LogP contribution in [0.3, 0.4) is 0 Å². The highest BCUT2D eigenvalue weighted by molar-refractivity contribution is 6.23. The van der Waals surface area contributed by atoms with Crippen molar-refractivity contribution >= 4 is 54.6 Å². The fourth-order valence-corrected chi connectivity index (χ4v) is 8.31. The van der Waals surface area contributed by atoms with Crippen LogP contribution in [0.25, 0.3) is 76.9 Å². The van der Waals surface area contributed by atoms with Crippen LogP contribution in [-0.4, -0.2) is 8.80 Å². The molecule has 9 aromatic rings. The third-order valence-electron chi connectivity index (χ3n) is 9.88. The van der Waals surface area contributed by atoms with Gasteiger partial charge < -0.3 is 8.80 Å². The number of aromatic nitrogens is 2. The first-order valence-corrected chi connectivity index (χ1v) is 14.2. The molecule has 0 fully saturated rings. The van der Waals surface area contributed by atoms with Crippen LogP contribution in [-0.2, 0) is 12.8 Å². The lowest BCUT2D eigenvalue weighted by atomic mass is 10.0. The summed E-state index contributed by atoms with van der Waals surface area (Å²) < 4.78 is 5.10. The minimum Gasteiger partial charge on any atom is -0.305 e. The summed E-state index contributed by atoms with van der Waals surface area (Å²) in [7, 11) is 0. The molecule has 0 N–H and O–H groups in total. The van der Waals surface area contributed by atoms with Crippen molar-refractivity contribution < 1.29 is 0 Å². The maximum Gasteiger partial charge on any atom is 0.0783 e. The van der Waals surface area contributed by atoms with Crippen molar-refractivity contribution in [2.24, 2.45) is 0 Å². The molecule has 40 heavy (non-hydrogen) atoms. The van der Waals surface area contributed by atoms with Crippen LogP contribution in [0.4, 0.5) is 0 Å². The van der Waals surface area contributed by atoms with E-state index >= 15 is 0 Å². The number of hydrogen-bond acceptors (Lipinski definition) is 0. The first kappa shape index (κ1) is 19.9. The quantitative estimate of drug-likeness (QED) is 0.181. The van der Waals surface area contributed by atoms with Crippen LogP contribution in [0.2, 0.25) is 0 Å². The molecule has 2 aliphatic rings. The van der Waals surface area contributed by atoms with E-state index in [1.54, 1.807) is 0 Å². The zero-order valence-electron chi connectivity index (χ0n) is 21.7. The molecule has 0 spiro atoms. The van der Waals surface area contributed by atoms with Gasteiger partial charge in [0.1, 0.15) is 0 Å². The SMILES string of the molecule is c1ccc2c(c1)Cc1cc3c4cccc5c4n(c3cc1-2)c1cccc2c3c4c(ccc3n5c21)-c1ccccc1C4. The Morgan fingerprint density at radius 2 is 1.07 bits per heavy atom. The molecule has 0 saturated carbocycles. The normalized spacial score (nSPS) is 13.8. The lowest BCUT2D eigenvalue weighted by Crippen LogP contribution is -1.96. The van der Waals surface area contributed by atoms with Crippen LogP contribution in [0.15, 0.2) is 109 Å². The lowest BCUT2D eigenvalue weighted by molar-refractivity contribution is 1.25. The molecule has 2 nitrogen and oxygen atoms in total. The summed E-state index contributed by atoms with van der Waals surface area (Å²) in [5.41, 5.74) is 19.2. The van der Waals surface area contributed by atoms with Gasteiger partial charge >= 0.3 is 0 Å². The third kappa shape index (κ3) is 2.12. The van der Waals surface area contributed by atoms with Gasteiger partial charge in [-0.15, -0.1) is 0 Å². The van der Waals surface area contributed by atoms with Gasteiger partial charge in [0.2, 0.25) is 0 Å². The molecule has 0 aliphatic heterocycles. The molecule has 0 radical (unpaired) electrons. The zero-order chi connectivity index (χ0) is 25.7. The number of hydrogen-bond donors (Lipinski definition) is 0. The number of benzene rings is 6. The van der Waals surface area contributed by atoms with Gasteiger partial charge in [0.05, 0.1) is 33.1 Å². The molecule has 0 atom stereocenters. The second-order valence-electron chi connectivity index (χ2n) is 11.7. The Labute approximate surface area is 229 Å². The summed E-state index contributed by atoms with van der Waals surface area (Å²) in [6.07, 6.45) is 2.01. The van der Waals surface area contributed by atoms with Gasteiger partial charge in [-0.2, -0.15) is 0 Å². The molecular weight excluding hydrogens is 484 g/mol. The Morgan fingerprint density at radius 3 is 1.90 bits per heavy atom. The van der Waals surface area contributed by atoms with Gasteiger partial charge in [0.25, 0.3) is 0 Å². The predicted octanol–water partition coefficient (Wildman–Crippen LogP) is 9.38. The molecule has 0 bridgehead atoms. The Balaban J connectivity index is 1.36. The van der Waals surface area contributed by atoms with Crippen molar-refractivity contribution in [2.45, 2.75) is 12.8 Å². The van der Waals surface area contributed by atoms with Gasteiger partial charge in [0.15, 0.2) is 0 Å². The highest BCUT2D eigenvalue weighted by Crippen LogP contribution is 2.47. The van der Waals surface area contributed by atoms with Crippen molar-refractivity contribution in [1.82, 2.24) is 8.80 Å². The summed E-state index contributed by atoms with van der Waals surface area (Å²) in [5.74, 6) is 0. The van der Waals surface area contributed by atoms with Gasteiger partial charge in [-0.25, -0.2) is 0 Å². The van der Waals surface area contributed by atoms with Gasteiger partial charge in [0, 0.05) is 21.5 Å². The van der Waals surface area contributed by atoms with Gasteiger partial charge in [-0.05, 0) is 87.7 Å². The molecular formula is C38H22N2. The largest absolute Gasteiger partial charge is 0.305 e. The number of fused-ring (bicyclic) bond motifs is 15. The highest BCUT2D eigenvalue weighted by atomic mass is 15.0. The summed E-state index contributed by atoms with van der Waals surface area (Å²) in [5, 5.41) is 5.46. The second kappa shape index (κ2) is 6.55. The van der Waals surface area contributed by atoms with Crippen molar-refractivity contribution in [3.05, 3.63) is 131 Å². The van der Waals surface area contributed by atoms with E-state index in [1.807, 2.05) is 0 Å². The molecule has 0 saturated heterocycles. The monoisotopic (exact) mass is 506 g/mol. The van der Waals surface area contributed by atoms with Crippen LogP contribution < -0.4 is 0 Å². The summed E-state index contributed by atoms with van der Waals surface area (Å²) in [6.45, 7) is 0. The first-order chi connectivity index (χ1) is 19.8. The Morgan fingerprint density at radius 1 is 0.400 bits per heavy atom. The molecule has 0 amide bonds. The minimum atomic E-state index is 0.997. The fraction of sp³-hybridized carbons (Fsp3) is 0.0526. The van der Waals surface area contributed by atoms with Crippen LogP contribution >= 0.6 is 0 Å². The predicted molar refractivity (Wildman–Crippen MR) is 166 cm³/mol. The lowest BCUT2D eigenvalue weighted by Gasteiger charge is -2.11. The third-order valence-corrected chi connectivity index (χ3v) is 9.88. The maximum atomic E-state index is 2.55. The van der Waals surface area contributed by atoms with E-state index in [4.69, 9.17) is 0 Å². The smallest absolute Gasteiger partial charge is 0.0783 e. The fourth-order valence-electron chi connectivity index (χ4n) is 8.31. The van der Waals surface area contributed by atoms with E-state index in [9.17, 15) is 0 Å². The topological polar surface area (TPSA) is 8.82 Å². The Hall–Kier alpha value is -5.08. The molecule has 184 valence electrons. The van der Waals surface area contributed by atoms with E-state index in [-0.39, 0.29) is 0 Å². The average Bonchev–Trinajstić information content (AvgIpc) is 3.73. The van der Waals surface area contributed by atoms with E-state index in [0.717, 1.165) is 12.8 Å². The average molecular weight is 507 g/mol. The van der Waals surface area contributed by atoms with E-state index in [1.165, 1.54) is 99.2 Å². The molecule has 3 heterocycles. The molecule has 3 aromatic heterocycles. The molecule has 2 heteroatoms. The molecule has 0 unspecified atom stereocenters. The highest BCUT2D eigenvalue weighted by Gasteiger charge is 2.27. The molecule has 6 aromatic carbocycles. The Bertz CT molecular complexity index is 2590. The summed E-state index contributed by atoms with van der Waals surface area (Å²) >= 11 is 0. The maximum absolute atomic E-state index is 2.55. The van der Waals surface area contributed by atoms with Gasteiger partial charge in [-0.1, -0.05) is 78.9 Å². The Kier molecular flexibility index (Phi) is 3.26. The van der Waals surface area contributed by atoms with Crippen LogP contribution in [0, 0.1) is 0 Å². The van der Waals surface area contributed by atoms with Crippen LogP contribution in [0.1, 0.15) is 22.3 Å². The van der Waals surface area contributed by atoms with Crippen molar-refractivity contribution in [3.8, 4) is 22.3 Å². The van der Waals surface area contributed by atoms with Gasteiger partial charge in [-0.3, -0.25) is 0 Å². The minimum absolute atomic E-state index is 0.997. The standard InChI is InChI=1S/C38H22N2/c1-4-10-25-21(7-1)17-23-19-30-27-11-5-13-33-37(27)40(35(30)20-29(23)25)34-14-6-12-28-36-31-18-22-8-2-3-9-24(22)26(31)15-16-32(36)39(33)38(28)34/h1-16,19-20H,17-18H2. The first-order valence-electron chi connectivity index (χ1n) is 14.2. The summed E-state index contributed by atoms with van der Waals surface area (Å²) in [6, 6.07) is 41.3. The van der Waals surface area contributed by atoms with Crippen LogP contribution in [0.5, 0.6) is 0 Å². The van der Waals surface area contributed by atoms with Crippen molar-refractivity contribution in [3.63, 3.8) is 0 Å². The second-order valence-corrected chi connectivity index (χ2v) is 11.7. The molecule has 2 aliphatic carbocycles. The van der Waals surface area contributed by atoms with E-state index in [0.29, 0.717) is 0 Å². The number of para-hydroxylation sites is 2. The van der Waals surface area contributed by atoms with E-state index < -0.39 is 0 Å². The van der Waals surface area contributed by atoms with E-state index in [2.05, 4.69) is 118 Å². The number of rotatable bonds is 0. The zero-order valence-corrected chi connectivity index (χ0v) is 21.7. The van der Waals surface area contributed by atoms with Crippen molar-refractivity contribution in [2.75, 3.05) is 0 Å². The molecule has 11 rings (SSSR count). The number of nitrogens with zero attached hydrogens (tertiary/aromatic N) is 2. The summed E-state index contributed by atoms with van der Waals surface area (Å²) in [4.78, 5) is 0.